The number of anilines is 1. The summed E-state index contributed by atoms with van der Waals surface area (Å²) in [5.41, 5.74) is 3.38. The van der Waals surface area contributed by atoms with Crippen molar-refractivity contribution in [3.63, 3.8) is 0 Å². The Morgan fingerprint density at radius 1 is 1.34 bits per heavy atom. The minimum Gasteiger partial charge on any atom is -0.494 e. The normalized spacial score (nSPS) is 13.1. The SMILES string of the molecule is CCc1cc(OCCCC(=O)O)ccc1C1=NSCN1c1cccc(C#N)c1OC(C)C. The summed E-state index contributed by atoms with van der Waals surface area (Å²) in [5, 5.41) is 18.4. The number of carboxylic acids is 1. The zero-order chi connectivity index (χ0) is 23.1. The Labute approximate surface area is 192 Å². The summed E-state index contributed by atoms with van der Waals surface area (Å²) in [6.07, 6.45) is 1.27. The van der Waals surface area contributed by atoms with Gasteiger partial charge in [-0.3, -0.25) is 4.79 Å². The van der Waals surface area contributed by atoms with Gasteiger partial charge in [-0.15, -0.1) is 0 Å². The third-order valence-electron chi connectivity index (χ3n) is 4.85. The molecule has 1 N–H and O–H groups in total. The first-order valence-corrected chi connectivity index (χ1v) is 11.5. The van der Waals surface area contributed by atoms with Crippen LogP contribution in [0.5, 0.6) is 11.5 Å². The first kappa shape index (κ1) is 23.5. The third kappa shape index (κ3) is 5.54. The van der Waals surface area contributed by atoms with Gasteiger partial charge in [0.25, 0.3) is 0 Å². The topological polar surface area (TPSA) is 95.2 Å². The number of nitrogens with zero attached hydrogens (tertiary/aromatic N) is 3. The van der Waals surface area contributed by atoms with Crippen molar-refractivity contribution in [1.82, 2.24) is 0 Å². The number of carbonyl (C=O) groups is 1. The molecule has 0 aromatic heterocycles. The predicted octanol–water partition coefficient (Wildman–Crippen LogP) is 5.02. The fraction of sp³-hybridized carbons (Fsp3) is 0.375. The molecular formula is C24H27N3O4S. The number of nitriles is 1. The molecule has 8 heteroatoms. The summed E-state index contributed by atoms with van der Waals surface area (Å²) >= 11 is 1.45. The molecule has 0 atom stereocenters. The Morgan fingerprint density at radius 3 is 2.84 bits per heavy atom. The van der Waals surface area contributed by atoms with E-state index in [0.717, 1.165) is 29.1 Å². The second kappa shape index (κ2) is 10.9. The van der Waals surface area contributed by atoms with Crippen LogP contribution in [-0.2, 0) is 11.2 Å². The van der Waals surface area contributed by atoms with Crippen LogP contribution in [0, 0.1) is 11.3 Å². The van der Waals surface area contributed by atoms with Gasteiger partial charge in [0, 0.05) is 12.0 Å². The molecule has 1 aliphatic rings. The van der Waals surface area contributed by atoms with Crippen LogP contribution in [-0.4, -0.2) is 35.5 Å². The first-order chi connectivity index (χ1) is 15.4. The fourth-order valence-corrected chi connectivity index (χ4v) is 4.16. The molecule has 32 heavy (non-hydrogen) atoms. The molecule has 3 rings (SSSR count). The van der Waals surface area contributed by atoms with Crippen molar-refractivity contribution in [1.29, 1.82) is 5.26 Å². The highest BCUT2D eigenvalue weighted by Crippen LogP contribution is 2.38. The number of aryl methyl sites for hydroxylation is 1. The van der Waals surface area contributed by atoms with Gasteiger partial charge >= 0.3 is 5.97 Å². The van der Waals surface area contributed by atoms with E-state index in [1.165, 1.54) is 11.9 Å². The van der Waals surface area contributed by atoms with E-state index in [0.29, 0.717) is 36.0 Å². The summed E-state index contributed by atoms with van der Waals surface area (Å²) in [7, 11) is 0. The molecular weight excluding hydrogens is 426 g/mol. The van der Waals surface area contributed by atoms with Crippen molar-refractivity contribution in [2.75, 3.05) is 17.4 Å². The van der Waals surface area contributed by atoms with Gasteiger partial charge in [-0.25, -0.2) is 0 Å². The molecule has 2 aromatic carbocycles. The number of aliphatic carboxylic acids is 1. The van der Waals surface area contributed by atoms with Crippen LogP contribution in [0.1, 0.15) is 50.3 Å². The quantitative estimate of drug-likeness (QED) is 0.398. The van der Waals surface area contributed by atoms with E-state index in [4.69, 9.17) is 14.6 Å². The van der Waals surface area contributed by atoms with Crippen molar-refractivity contribution in [3.05, 3.63) is 53.1 Å². The summed E-state index contributed by atoms with van der Waals surface area (Å²) in [6, 6.07) is 13.7. The number of para-hydroxylation sites is 1. The summed E-state index contributed by atoms with van der Waals surface area (Å²) in [6.45, 7) is 6.31. The highest BCUT2D eigenvalue weighted by Gasteiger charge is 2.27. The molecule has 0 radical (unpaired) electrons. The zero-order valence-corrected chi connectivity index (χ0v) is 19.3. The number of ether oxygens (including phenoxy) is 2. The fourth-order valence-electron chi connectivity index (χ4n) is 3.41. The van der Waals surface area contributed by atoms with Crippen LogP contribution in [0.25, 0.3) is 0 Å². The van der Waals surface area contributed by atoms with Gasteiger partial charge in [0.15, 0.2) is 5.75 Å². The predicted molar refractivity (Wildman–Crippen MR) is 127 cm³/mol. The lowest BCUT2D eigenvalue weighted by molar-refractivity contribution is -0.137. The van der Waals surface area contributed by atoms with Crippen molar-refractivity contribution in [2.24, 2.45) is 4.40 Å². The number of amidine groups is 1. The largest absolute Gasteiger partial charge is 0.494 e. The monoisotopic (exact) mass is 453 g/mol. The summed E-state index contributed by atoms with van der Waals surface area (Å²) in [5.74, 6) is 1.89. The molecule has 0 spiro atoms. The van der Waals surface area contributed by atoms with Gasteiger partial charge in [-0.05, 0) is 74.5 Å². The smallest absolute Gasteiger partial charge is 0.303 e. The van der Waals surface area contributed by atoms with E-state index in [9.17, 15) is 10.1 Å². The maximum Gasteiger partial charge on any atom is 0.303 e. The van der Waals surface area contributed by atoms with Crippen LogP contribution >= 0.6 is 11.9 Å². The average Bonchev–Trinajstić information content (AvgIpc) is 3.25. The molecule has 7 nitrogen and oxygen atoms in total. The van der Waals surface area contributed by atoms with Crippen LogP contribution in [0.3, 0.4) is 0 Å². The lowest BCUT2D eigenvalue weighted by Gasteiger charge is -2.25. The lowest BCUT2D eigenvalue weighted by atomic mass is 10.0. The van der Waals surface area contributed by atoms with E-state index < -0.39 is 5.97 Å². The van der Waals surface area contributed by atoms with E-state index in [2.05, 4.69) is 22.3 Å². The Hall–Kier alpha value is -3.18. The van der Waals surface area contributed by atoms with Gasteiger partial charge in [0.05, 0.1) is 29.8 Å². The minimum absolute atomic E-state index is 0.0670. The number of carboxylic acid groups (broad SMARTS) is 1. The van der Waals surface area contributed by atoms with Crippen molar-refractivity contribution in [2.45, 2.75) is 46.1 Å². The summed E-state index contributed by atoms with van der Waals surface area (Å²) in [4.78, 5) is 12.7. The molecule has 1 heterocycles. The van der Waals surface area contributed by atoms with E-state index in [-0.39, 0.29) is 12.5 Å². The number of benzene rings is 2. The molecule has 0 fully saturated rings. The molecule has 1 aliphatic heterocycles. The Morgan fingerprint density at radius 2 is 2.16 bits per heavy atom. The van der Waals surface area contributed by atoms with E-state index in [1.54, 1.807) is 6.07 Å². The highest BCUT2D eigenvalue weighted by atomic mass is 32.2. The molecule has 168 valence electrons. The number of hydrogen-bond acceptors (Lipinski definition) is 7. The molecule has 2 aromatic rings. The van der Waals surface area contributed by atoms with Crippen LogP contribution in [0.2, 0.25) is 0 Å². The molecule has 0 unspecified atom stereocenters. The van der Waals surface area contributed by atoms with Crippen molar-refractivity contribution < 1.29 is 19.4 Å². The zero-order valence-electron chi connectivity index (χ0n) is 18.5. The second-order valence-electron chi connectivity index (χ2n) is 7.55. The maximum atomic E-state index is 10.7. The van der Waals surface area contributed by atoms with Gasteiger partial charge in [-0.1, -0.05) is 13.0 Å². The van der Waals surface area contributed by atoms with Crippen LogP contribution in [0.15, 0.2) is 40.8 Å². The Kier molecular flexibility index (Phi) is 8.01. The number of rotatable bonds is 10. The van der Waals surface area contributed by atoms with Gasteiger partial charge in [0.2, 0.25) is 0 Å². The van der Waals surface area contributed by atoms with E-state index >= 15 is 0 Å². The highest BCUT2D eigenvalue weighted by molar-refractivity contribution is 7.98. The Bertz CT molecular complexity index is 1050. The molecule has 0 saturated heterocycles. The second-order valence-corrected chi connectivity index (χ2v) is 8.25. The molecule has 0 amide bonds. The molecule has 0 aliphatic carbocycles. The standard InChI is InChI=1S/C24H27N3O4S/c1-4-17-13-19(30-12-6-9-22(28)29)10-11-20(17)24-26-32-15-27(24)21-8-5-7-18(14-25)23(21)31-16(2)3/h5,7-8,10-11,13,16H,4,6,9,12,15H2,1-3H3,(H,28,29). The van der Waals surface area contributed by atoms with Crippen molar-refractivity contribution in [3.8, 4) is 17.6 Å². The summed E-state index contributed by atoms with van der Waals surface area (Å²) < 4.78 is 16.5. The lowest BCUT2D eigenvalue weighted by Crippen LogP contribution is -2.29. The molecule has 0 saturated carbocycles. The van der Waals surface area contributed by atoms with Gasteiger partial charge in [0.1, 0.15) is 17.7 Å². The minimum atomic E-state index is -0.823. The van der Waals surface area contributed by atoms with Gasteiger partial charge in [-0.2, -0.15) is 9.66 Å². The maximum absolute atomic E-state index is 10.7. The van der Waals surface area contributed by atoms with E-state index in [1.807, 2.05) is 44.2 Å². The van der Waals surface area contributed by atoms with Gasteiger partial charge < -0.3 is 19.5 Å². The first-order valence-electron chi connectivity index (χ1n) is 10.6. The van der Waals surface area contributed by atoms with Crippen molar-refractivity contribution >= 4 is 29.4 Å². The Balaban J connectivity index is 1.89. The van der Waals surface area contributed by atoms with Crippen LogP contribution < -0.4 is 14.4 Å². The third-order valence-corrected chi connectivity index (χ3v) is 5.53. The number of hydrogen-bond donors (Lipinski definition) is 1. The average molecular weight is 454 g/mol. The van der Waals surface area contributed by atoms with Crippen LogP contribution in [0.4, 0.5) is 5.69 Å². The molecule has 0 bridgehead atoms.